The SMILES string of the molecule is COC(=O)c1c(C)ccnc1OCC1CCCO1. The summed E-state index contributed by atoms with van der Waals surface area (Å²) in [6.45, 7) is 3.02. The molecular formula is C13H17NO4. The predicted molar refractivity (Wildman–Crippen MR) is 64.8 cm³/mol. The highest BCUT2D eigenvalue weighted by atomic mass is 16.5. The lowest BCUT2D eigenvalue weighted by molar-refractivity contribution is 0.0559. The highest BCUT2D eigenvalue weighted by Crippen LogP contribution is 2.21. The maximum absolute atomic E-state index is 11.7. The number of aryl methyl sites for hydroxylation is 1. The van der Waals surface area contributed by atoms with Crippen LogP contribution in [0.15, 0.2) is 12.3 Å². The highest BCUT2D eigenvalue weighted by molar-refractivity contribution is 5.93. The van der Waals surface area contributed by atoms with Crippen LogP contribution in [0.4, 0.5) is 0 Å². The van der Waals surface area contributed by atoms with Gasteiger partial charge in [-0.1, -0.05) is 0 Å². The van der Waals surface area contributed by atoms with Crippen molar-refractivity contribution in [1.29, 1.82) is 0 Å². The largest absolute Gasteiger partial charge is 0.474 e. The van der Waals surface area contributed by atoms with E-state index in [9.17, 15) is 4.79 Å². The Morgan fingerprint density at radius 1 is 1.61 bits per heavy atom. The molecule has 1 aromatic rings. The Hall–Kier alpha value is -1.62. The molecule has 0 aromatic carbocycles. The lowest BCUT2D eigenvalue weighted by atomic mass is 10.1. The number of esters is 1. The maximum atomic E-state index is 11.7. The fraction of sp³-hybridized carbons (Fsp3) is 0.538. The second kappa shape index (κ2) is 5.82. The first-order chi connectivity index (χ1) is 8.72. The van der Waals surface area contributed by atoms with Gasteiger partial charge < -0.3 is 14.2 Å². The summed E-state index contributed by atoms with van der Waals surface area (Å²) >= 11 is 0. The summed E-state index contributed by atoms with van der Waals surface area (Å²) in [6, 6.07) is 1.76. The first-order valence-electron chi connectivity index (χ1n) is 6.00. The molecule has 2 heterocycles. The smallest absolute Gasteiger partial charge is 0.343 e. The Labute approximate surface area is 106 Å². The van der Waals surface area contributed by atoms with Crippen LogP contribution in [-0.4, -0.2) is 37.4 Å². The van der Waals surface area contributed by atoms with Crippen molar-refractivity contribution in [3.8, 4) is 5.88 Å². The Morgan fingerprint density at radius 2 is 2.44 bits per heavy atom. The number of carbonyl (C=O) groups excluding carboxylic acids is 1. The molecule has 0 aliphatic carbocycles. The molecule has 0 amide bonds. The fourth-order valence-corrected chi connectivity index (χ4v) is 1.94. The molecule has 5 heteroatoms. The molecule has 2 rings (SSSR count). The van der Waals surface area contributed by atoms with E-state index in [0.717, 1.165) is 25.0 Å². The standard InChI is InChI=1S/C13H17NO4/c1-9-5-6-14-12(11(9)13(15)16-2)18-8-10-4-3-7-17-10/h5-6,10H,3-4,7-8H2,1-2H3. The van der Waals surface area contributed by atoms with Crippen LogP contribution in [0, 0.1) is 6.92 Å². The summed E-state index contributed by atoms with van der Waals surface area (Å²) in [5.41, 5.74) is 1.18. The second-order valence-electron chi connectivity index (χ2n) is 4.25. The molecule has 1 aliphatic heterocycles. The number of carbonyl (C=O) groups is 1. The van der Waals surface area contributed by atoms with Gasteiger partial charge in [0, 0.05) is 12.8 Å². The van der Waals surface area contributed by atoms with E-state index in [-0.39, 0.29) is 6.10 Å². The van der Waals surface area contributed by atoms with Gasteiger partial charge in [0.2, 0.25) is 5.88 Å². The van der Waals surface area contributed by atoms with Crippen LogP contribution in [0.3, 0.4) is 0 Å². The minimum absolute atomic E-state index is 0.0952. The van der Waals surface area contributed by atoms with Crippen LogP contribution < -0.4 is 4.74 Å². The summed E-state index contributed by atoms with van der Waals surface area (Å²) in [7, 11) is 1.35. The van der Waals surface area contributed by atoms with E-state index in [1.165, 1.54) is 7.11 Å². The quantitative estimate of drug-likeness (QED) is 0.763. The Bertz CT molecular complexity index is 427. The molecule has 98 valence electrons. The first-order valence-corrected chi connectivity index (χ1v) is 6.00. The van der Waals surface area contributed by atoms with E-state index < -0.39 is 5.97 Å². The number of hydrogen-bond donors (Lipinski definition) is 0. The molecule has 1 atom stereocenters. The van der Waals surface area contributed by atoms with Crippen LogP contribution in [0.1, 0.15) is 28.8 Å². The van der Waals surface area contributed by atoms with Gasteiger partial charge in [0.25, 0.3) is 0 Å². The van der Waals surface area contributed by atoms with E-state index in [0.29, 0.717) is 18.1 Å². The summed E-state index contributed by atoms with van der Waals surface area (Å²) in [4.78, 5) is 15.8. The van der Waals surface area contributed by atoms with Crippen molar-refractivity contribution < 1.29 is 19.0 Å². The average Bonchev–Trinajstić information content (AvgIpc) is 2.88. The monoisotopic (exact) mass is 251 g/mol. The van der Waals surface area contributed by atoms with Gasteiger partial charge in [-0.2, -0.15) is 0 Å². The third kappa shape index (κ3) is 2.79. The highest BCUT2D eigenvalue weighted by Gasteiger charge is 2.20. The molecule has 5 nitrogen and oxygen atoms in total. The van der Waals surface area contributed by atoms with Gasteiger partial charge in [-0.25, -0.2) is 9.78 Å². The number of rotatable bonds is 4. The van der Waals surface area contributed by atoms with Crippen LogP contribution in [-0.2, 0) is 9.47 Å². The Balaban J connectivity index is 2.11. The molecule has 1 aliphatic rings. The number of nitrogens with zero attached hydrogens (tertiary/aromatic N) is 1. The van der Waals surface area contributed by atoms with Crippen molar-refractivity contribution in [2.45, 2.75) is 25.9 Å². The molecule has 0 radical (unpaired) electrons. The second-order valence-corrected chi connectivity index (χ2v) is 4.25. The van der Waals surface area contributed by atoms with E-state index in [4.69, 9.17) is 14.2 Å². The molecule has 0 N–H and O–H groups in total. The average molecular weight is 251 g/mol. The van der Waals surface area contributed by atoms with Crippen molar-refractivity contribution in [2.75, 3.05) is 20.3 Å². The van der Waals surface area contributed by atoms with E-state index in [1.807, 2.05) is 6.92 Å². The molecule has 0 bridgehead atoms. The minimum atomic E-state index is -0.428. The van der Waals surface area contributed by atoms with Gasteiger partial charge >= 0.3 is 5.97 Å². The zero-order valence-electron chi connectivity index (χ0n) is 10.6. The van der Waals surface area contributed by atoms with E-state index in [2.05, 4.69) is 4.98 Å². The fourth-order valence-electron chi connectivity index (χ4n) is 1.94. The predicted octanol–water partition coefficient (Wildman–Crippen LogP) is 1.73. The summed E-state index contributed by atoms with van der Waals surface area (Å²) in [5.74, 6) is -0.111. The van der Waals surface area contributed by atoms with Gasteiger partial charge in [0.15, 0.2) is 0 Å². The van der Waals surface area contributed by atoms with E-state index >= 15 is 0 Å². The molecular weight excluding hydrogens is 234 g/mol. The van der Waals surface area contributed by atoms with Crippen LogP contribution in [0.5, 0.6) is 5.88 Å². The summed E-state index contributed by atoms with van der Waals surface area (Å²) in [5, 5.41) is 0. The third-order valence-corrected chi connectivity index (χ3v) is 2.94. The van der Waals surface area contributed by atoms with Gasteiger partial charge in [-0.3, -0.25) is 0 Å². The topological polar surface area (TPSA) is 57.7 Å². The Morgan fingerprint density at radius 3 is 3.11 bits per heavy atom. The van der Waals surface area contributed by atoms with Gasteiger partial charge in [-0.05, 0) is 31.4 Å². The molecule has 18 heavy (non-hydrogen) atoms. The van der Waals surface area contributed by atoms with Gasteiger partial charge in [0.05, 0.1) is 13.2 Å². The number of ether oxygens (including phenoxy) is 3. The van der Waals surface area contributed by atoms with Crippen LogP contribution in [0.25, 0.3) is 0 Å². The molecule has 0 saturated carbocycles. The van der Waals surface area contributed by atoms with Crippen molar-refractivity contribution >= 4 is 5.97 Å². The van der Waals surface area contributed by atoms with Crippen molar-refractivity contribution in [2.24, 2.45) is 0 Å². The number of pyridine rings is 1. The normalized spacial score (nSPS) is 18.7. The molecule has 1 fully saturated rings. The number of hydrogen-bond acceptors (Lipinski definition) is 5. The van der Waals surface area contributed by atoms with Crippen molar-refractivity contribution in [3.05, 3.63) is 23.4 Å². The number of methoxy groups -OCH3 is 1. The van der Waals surface area contributed by atoms with Crippen LogP contribution >= 0.6 is 0 Å². The molecule has 1 unspecified atom stereocenters. The first kappa shape index (κ1) is 12.8. The summed E-state index contributed by atoms with van der Waals surface area (Å²) in [6.07, 6.45) is 3.75. The molecule has 0 spiro atoms. The third-order valence-electron chi connectivity index (χ3n) is 2.94. The van der Waals surface area contributed by atoms with Crippen molar-refractivity contribution in [3.63, 3.8) is 0 Å². The zero-order chi connectivity index (χ0) is 13.0. The maximum Gasteiger partial charge on any atom is 0.343 e. The van der Waals surface area contributed by atoms with Crippen LogP contribution in [0.2, 0.25) is 0 Å². The van der Waals surface area contributed by atoms with Gasteiger partial charge in [0.1, 0.15) is 12.2 Å². The minimum Gasteiger partial charge on any atom is -0.474 e. The van der Waals surface area contributed by atoms with E-state index in [1.54, 1.807) is 12.3 Å². The Kier molecular flexibility index (Phi) is 4.15. The zero-order valence-corrected chi connectivity index (χ0v) is 10.6. The number of aromatic nitrogens is 1. The molecule has 1 saturated heterocycles. The summed E-state index contributed by atoms with van der Waals surface area (Å²) < 4.78 is 15.8. The van der Waals surface area contributed by atoms with Gasteiger partial charge in [-0.15, -0.1) is 0 Å². The molecule has 1 aromatic heterocycles. The lowest BCUT2D eigenvalue weighted by Crippen LogP contribution is -2.18. The lowest BCUT2D eigenvalue weighted by Gasteiger charge is -2.13. The van der Waals surface area contributed by atoms with Crippen molar-refractivity contribution in [1.82, 2.24) is 4.98 Å².